The average Bonchev–Trinajstić information content (AvgIpc) is 3.04. The van der Waals surface area contributed by atoms with Crippen LogP contribution in [0.3, 0.4) is 0 Å². The van der Waals surface area contributed by atoms with E-state index in [4.69, 9.17) is 4.74 Å². The van der Waals surface area contributed by atoms with Gasteiger partial charge in [0, 0.05) is 31.4 Å². The predicted molar refractivity (Wildman–Crippen MR) is 96.7 cm³/mol. The van der Waals surface area contributed by atoms with Crippen molar-refractivity contribution in [2.75, 3.05) is 32.6 Å². The van der Waals surface area contributed by atoms with Crippen molar-refractivity contribution in [2.45, 2.75) is 26.4 Å². The average molecular weight is 346 g/mol. The lowest BCUT2D eigenvalue weighted by molar-refractivity contribution is 0.251. The maximum atomic E-state index is 12.1. The number of pyridine rings is 1. The Hall–Kier alpha value is -2.61. The molecule has 0 aliphatic carbocycles. The molecule has 0 atom stereocenters. The second kappa shape index (κ2) is 9.63. The summed E-state index contributed by atoms with van der Waals surface area (Å²) in [7, 11) is 3.99. The molecule has 0 aromatic carbocycles. The molecule has 0 saturated heterocycles. The number of carbonyl (C=O) groups excluding carboxylic acids is 1. The smallest absolute Gasteiger partial charge is 0.320 e. The Bertz CT molecular complexity index is 653. The van der Waals surface area contributed by atoms with Gasteiger partial charge < -0.3 is 15.0 Å². The van der Waals surface area contributed by atoms with Crippen LogP contribution in [0.2, 0.25) is 0 Å². The van der Waals surface area contributed by atoms with Gasteiger partial charge in [0.05, 0.1) is 19.3 Å². The van der Waals surface area contributed by atoms with Crippen molar-refractivity contribution < 1.29 is 9.53 Å². The van der Waals surface area contributed by atoms with Gasteiger partial charge in [-0.3, -0.25) is 5.32 Å². The number of rotatable bonds is 9. The van der Waals surface area contributed by atoms with Crippen molar-refractivity contribution in [2.24, 2.45) is 0 Å². The third-order valence-corrected chi connectivity index (χ3v) is 3.42. The molecule has 0 bridgehead atoms. The topological polar surface area (TPSA) is 84.3 Å². The highest BCUT2D eigenvalue weighted by atomic mass is 16.5. The summed E-state index contributed by atoms with van der Waals surface area (Å²) >= 11 is 0. The number of ether oxygens (including phenoxy) is 1. The van der Waals surface area contributed by atoms with E-state index in [-0.39, 0.29) is 6.03 Å². The molecule has 2 aromatic rings. The number of amides is 2. The lowest BCUT2D eigenvalue weighted by Gasteiger charge is -2.13. The van der Waals surface area contributed by atoms with Crippen LogP contribution < -0.4 is 15.4 Å². The Kier molecular flexibility index (Phi) is 7.21. The van der Waals surface area contributed by atoms with E-state index in [0.717, 1.165) is 18.5 Å². The van der Waals surface area contributed by atoms with Crippen molar-refractivity contribution >= 4 is 11.8 Å². The number of nitrogens with zero attached hydrogens (tertiary/aromatic N) is 4. The second-order valence-corrected chi connectivity index (χ2v) is 5.90. The van der Waals surface area contributed by atoms with E-state index < -0.39 is 0 Å². The van der Waals surface area contributed by atoms with Gasteiger partial charge in [-0.25, -0.2) is 14.5 Å². The van der Waals surface area contributed by atoms with Crippen LogP contribution in [0.1, 0.15) is 18.9 Å². The first-order chi connectivity index (χ1) is 12.1. The molecule has 25 heavy (non-hydrogen) atoms. The number of carbonyl (C=O) groups is 1. The van der Waals surface area contributed by atoms with Crippen LogP contribution in [0, 0.1) is 0 Å². The van der Waals surface area contributed by atoms with E-state index >= 15 is 0 Å². The molecule has 2 heterocycles. The molecule has 0 aliphatic heterocycles. The van der Waals surface area contributed by atoms with Crippen LogP contribution in [-0.4, -0.2) is 52.9 Å². The SMILES string of the molecule is CCCOc1ccc(CNC(=O)Nc2ccnn2CCN(C)C)cn1. The zero-order chi connectivity index (χ0) is 18.1. The molecule has 0 saturated carbocycles. The molecule has 0 radical (unpaired) electrons. The van der Waals surface area contributed by atoms with E-state index in [1.54, 1.807) is 29.2 Å². The molecule has 2 amide bonds. The van der Waals surface area contributed by atoms with Crippen molar-refractivity contribution in [1.29, 1.82) is 0 Å². The molecule has 0 fully saturated rings. The number of anilines is 1. The molecule has 2 N–H and O–H groups in total. The van der Waals surface area contributed by atoms with Gasteiger partial charge in [-0.05, 0) is 26.1 Å². The summed E-state index contributed by atoms with van der Waals surface area (Å²) in [6.45, 7) is 4.63. The fraction of sp³-hybridized carbons (Fsp3) is 0.471. The highest BCUT2D eigenvalue weighted by molar-refractivity contribution is 5.88. The molecule has 0 unspecified atom stereocenters. The van der Waals surface area contributed by atoms with E-state index in [2.05, 4.69) is 25.6 Å². The van der Waals surface area contributed by atoms with Gasteiger partial charge in [-0.15, -0.1) is 0 Å². The summed E-state index contributed by atoms with van der Waals surface area (Å²) in [4.78, 5) is 18.3. The molecular formula is C17H26N6O2. The van der Waals surface area contributed by atoms with E-state index in [1.807, 2.05) is 27.1 Å². The zero-order valence-corrected chi connectivity index (χ0v) is 15.0. The Morgan fingerprint density at radius 2 is 2.16 bits per heavy atom. The summed E-state index contributed by atoms with van der Waals surface area (Å²) in [5.41, 5.74) is 0.903. The summed E-state index contributed by atoms with van der Waals surface area (Å²) in [6.07, 6.45) is 4.31. The summed E-state index contributed by atoms with van der Waals surface area (Å²) in [5.74, 6) is 1.26. The molecule has 0 spiro atoms. The molecule has 2 aromatic heterocycles. The standard InChI is InChI=1S/C17H26N6O2/c1-4-11-25-16-6-5-14(12-18-16)13-19-17(24)21-15-7-8-20-23(15)10-9-22(2)3/h5-8,12H,4,9-11,13H2,1-3H3,(H2,19,21,24). The summed E-state index contributed by atoms with van der Waals surface area (Å²) in [6, 6.07) is 5.19. The Balaban J connectivity index is 1.80. The molecule has 8 nitrogen and oxygen atoms in total. The Morgan fingerprint density at radius 1 is 1.32 bits per heavy atom. The van der Waals surface area contributed by atoms with Crippen LogP contribution in [-0.2, 0) is 13.1 Å². The van der Waals surface area contributed by atoms with E-state index in [0.29, 0.717) is 31.4 Å². The van der Waals surface area contributed by atoms with Crippen molar-refractivity contribution in [3.05, 3.63) is 36.2 Å². The number of hydrogen-bond acceptors (Lipinski definition) is 5. The first-order valence-electron chi connectivity index (χ1n) is 8.37. The van der Waals surface area contributed by atoms with Crippen LogP contribution in [0.15, 0.2) is 30.6 Å². The minimum atomic E-state index is -0.280. The number of aromatic nitrogens is 3. The molecular weight excluding hydrogens is 320 g/mol. The largest absolute Gasteiger partial charge is 0.478 e. The highest BCUT2D eigenvalue weighted by Crippen LogP contribution is 2.09. The maximum Gasteiger partial charge on any atom is 0.320 e. The van der Waals surface area contributed by atoms with Crippen molar-refractivity contribution in [1.82, 2.24) is 25.0 Å². The fourth-order valence-corrected chi connectivity index (χ4v) is 2.06. The van der Waals surface area contributed by atoms with Gasteiger partial charge >= 0.3 is 6.03 Å². The third-order valence-electron chi connectivity index (χ3n) is 3.42. The van der Waals surface area contributed by atoms with Gasteiger partial charge in [-0.1, -0.05) is 13.0 Å². The third kappa shape index (κ3) is 6.42. The van der Waals surface area contributed by atoms with Gasteiger partial charge in [0.25, 0.3) is 0 Å². The minimum Gasteiger partial charge on any atom is -0.478 e. The van der Waals surface area contributed by atoms with E-state index in [1.165, 1.54) is 0 Å². The van der Waals surface area contributed by atoms with Crippen LogP contribution in [0.25, 0.3) is 0 Å². The van der Waals surface area contributed by atoms with Gasteiger partial charge in [0.2, 0.25) is 5.88 Å². The van der Waals surface area contributed by atoms with Gasteiger partial charge in [-0.2, -0.15) is 5.10 Å². The molecule has 2 rings (SSSR count). The number of likely N-dealkylation sites (N-methyl/N-ethyl adjacent to an activating group) is 1. The summed E-state index contributed by atoms with van der Waals surface area (Å²) < 4.78 is 7.20. The fourth-order valence-electron chi connectivity index (χ4n) is 2.06. The maximum absolute atomic E-state index is 12.1. The lowest BCUT2D eigenvalue weighted by Crippen LogP contribution is -2.30. The van der Waals surface area contributed by atoms with Crippen molar-refractivity contribution in [3.63, 3.8) is 0 Å². The normalized spacial score (nSPS) is 10.7. The Labute approximate surface area is 148 Å². The molecule has 8 heteroatoms. The van der Waals surface area contributed by atoms with Crippen LogP contribution in [0.4, 0.5) is 10.6 Å². The summed E-state index contributed by atoms with van der Waals surface area (Å²) in [5, 5.41) is 9.84. The number of urea groups is 1. The monoisotopic (exact) mass is 346 g/mol. The minimum absolute atomic E-state index is 0.280. The number of hydrogen-bond donors (Lipinski definition) is 2. The first-order valence-corrected chi connectivity index (χ1v) is 8.37. The van der Waals surface area contributed by atoms with Crippen molar-refractivity contribution in [3.8, 4) is 5.88 Å². The molecule has 0 aliphatic rings. The van der Waals surface area contributed by atoms with Gasteiger partial charge in [0.15, 0.2) is 0 Å². The van der Waals surface area contributed by atoms with Crippen LogP contribution >= 0.6 is 0 Å². The highest BCUT2D eigenvalue weighted by Gasteiger charge is 2.07. The van der Waals surface area contributed by atoms with E-state index in [9.17, 15) is 4.79 Å². The lowest BCUT2D eigenvalue weighted by atomic mass is 10.3. The quantitative estimate of drug-likeness (QED) is 0.725. The Morgan fingerprint density at radius 3 is 2.84 bits per heavy atom. The van der Waals surface area contributed by atoms with Gasteiger partial charge in [0.1, 0.15) is 5.82 Å². The number of nitrogens with one attached hydrogen (secondary N) is 2. The molecule has 136 valence electrons. The zero-order valence-electron chi connectivity index (χ0n) is 15.0. The van der Waals surface area contributed by atoms with Crippen LogP contribution in [0.5, 0.6) is 5.88 Å². The first kappa shape index (κ1) is 18.7. The predicted octanol–water partition coefficient (Wildman–Crippen LogP) is 1.95. The second-order valence-electron chi connectivity index (χ2n) is 5.90.